The number of benzene rings is 1. The van der Waals surface area contributed by atoms with E-state index in [9.17, 15) is 4.79 Å². The normalized spacial score (nSPS) is 12.1. The zero-order valence-corrected chi connectivity index (χ0v) is 11.4. The summed E-state index contributed by atoms with van der Waals surface area (Å²) in [6, 6.07) is 7.09. The minimum atomic E-state index is -0.306. The lowest BCUT2D eigenvalue weighted by Gasteiger charge is -2.10. The minimum absolute atomic E-state index is 0.102. The van der Waals surface area contributed by atoms with Crippen LogP contribution in [0.15, 0.2) is 34.9 Å². The molecule has 1 heterocycles. The number of rotatable bonds is 5. The van der Waals surface area contributed by atoms with Crippen molar-refractivity contribution in [2.75, 3.05) is 19.5 Å². The Bertz CT molecular complexity index is 595. The van der Waals surface area contributed by atoms with E-state index in [0.29, 0.717) is 23.7 Å². The maximum Gasteiger partial charge on any atom is 0.273 e. The summed E-state index contributed by atoms with van der Waals surface area (Å²) < 4.78 is 10.3. The summed E-state index contributed by atoms with van der Waals surface area (Å²) in [7, 11) is 1.58. The fourth-order valence-electron chi connectivity index (χ4n) is 1.78. The van der Waals surface area contributed by atoms with E-state index in [4.69, 9.17) is 14.9 Å². The number of carbonyl (C=O) groups excluding carboxylic acids is 1. The predicted octanol–water partition coefficient (Wildman–Crippen LogP) is 1.69. The first-order chi connectivity index (χ1) is 9.61. The van der Waals surface area contributed by atoms with E-state index in [0.717, 1.165) is 0 Å². The summed E-state index contributed by atoms with van der Waals surface area (Å²) in [6.07, 6.45) is 1.32. The van der Waals surface area contributed by atoms with E-state index < -0.39 is 0 Å². The lowest BCUT2D eigenvalue weighted by Crippen LogP contribution is -2.35. The maximum absolute atomic E-state index is 11.9. The van der Waals surface area contributed by atoms with Crippen LogP contribution in [-0.4, -0.2) is 30.6 Å². The second-order valence-corrected chi connectivity index (χ2v) is 4.46. The van der Waals surface area contributed by atoms with Crippen molar-refractivity contribution in [3.8, 4) is 11.5 Å². The number of methoxy groups -OCH3 is 1. The number of para-hydroxylation sites is 1. The molecule has 0 bridgehead atoms. The number of hydrogen-bond acceptors (Lipinski definition) is 5. The molecule has 0 aliphatic heterocycles. The highest BCUT2D eigenvalue weighted by molar-refractivity contribution is 5.92. The van der Waals surface area contributed by atoms with Gasteiger partial charge in [0.05, 0.1) is 12.2 Å². The van der Waals surface area contributed by atoms with Gasteiger partial charge in [-0.1, -0.05) is 12.1 Å². The van der Waals surface area contributed by atoms with E-state index in [-0.39, 0.29) is 17.6 Å². The van der Waals surface area contributed by atoms with Crippen LogP contribution in [0.5, 0.6) is 0 Å². The van der Waals surface area contributed by atoms with Crippen LogP contribution in [0.1, 0.15) is 17.4 Å². The maximum atomic E-state index is 11.9. The number of nitrogen functional groups attached to an aromatic ring is 1. The van der Waals surface area contributed by atoms with Gasteiger partial charge in [0.25, 0.3) is 5.91 Å². The van der Waals surface area contributed by atoms with Gasteiger partial charge >= 0.3 is 0 Å². The standard InChI is InChI=1S/C14H17N3O3/c1-9(7-19-2)16-13(18)12-8-20-14(17-12)10-5-3-4-6-11(10)15/h3-6,8-9H,7,15H2,1-2H3,(H,16,18). The molecule has 0 aliphatic carbocycles. The summed E-state index contributed by atoms with van der Waals surface area (Å²) >= 11 is 0. The summed E-state index contributed by atoms with van der Waals surface area (Å²) in [5.74, 6) is 0.0201. The Balaban J connectivity index is 2.13. The van der Waals surface area contributed by atoms with Crippen molar-refractivity contribution in [3.05, 3.63) is 36.2 Å². The number of anilines is 1. The fraction of sp³-hybridized carbons (Fsp3) is 0.286. The molecule has 0 saturated carbocycles. The third kappa shape index (κ3) is 3.16. The molecule has 0 spiro atoms. The van der Waals surface area contributed by atoms with E-state index in [1.807, 2.05) is 19.1 Å². The highest BCUT2D eigenvalue weighted by Crippen LogP contribution is 2.24. The average Bonchev–Trinajstić information content (AvgIpc) is 2.89. The van der Waals surface area contributed by atoms with Crippen molar-refractivity contribution in [1.82, 2.24) is 10.3 Å². The number of carbonyl (C=O) groups is 1. The highest BCUT2D eigenvalue weighted by Gasteiger charge is 2.16. The van der Waals surface area contributed by atoms with Crippen LogP contribution in [0.25, 0.3) is 11.5 Å². The molecule has 1 aromatic heterocycles. The first-order valence-electron chi connectivity index (χ1n) is 6.22. The molecular formula is C14H17N3O3. The van der Waals surface area contributed by atoms with Gasteiger partial charge in [0.2, 0.25) is 5.89 Å². The number of ether oxygens (including phenoxy) is 1. The molecule has 0 saturated heterocycles. The van der Waals surface area contributed by atoms with Gasteiger partial charge in [-0.05, 0) is 19.1 Å². The van der Waals surface area contributed by atoms with Gasteiger partial charge in [0.15, 0.2) is 5.69 Å². The smallest absolute Gasteiger partial charge is 0.273 e. The first-order valence-corrected chi connectivity index (χ1v) is 6.22. The number of nitrogens with two attached hydrogens (primary N) is 1. The number of oxazole rings is 1. The first kappa shape index (κ1) is 14.1. The monoisotopic (exact) mass is 275 g/mol. The zero-order chi connectivity index (χ0) is 14.5. The quantitative estimate of drug-likeness (QED) is 0.810. The summed E-state index contributed by atoms with van der Waals surface area (Å²) in [5, 5.41) is 2.76. The Labute approximate surface area is 116 Å². The zero-order valence-electron chi connectivity index (χ0n) is 11.4. The van der Waals surface area contributed by atoms with Crippen LogP contribution in [0.3, 0.4) is 0 Å². The number of hydrogen-bond donors (Lipinski definition) is 2. The summed E-state index contributed by atoms with van der Waals surface area (Å²) in [4.78, 5) is 16.1. The molecule has 20 heavy (non-hydrogen) atoms. The van der Waals surface area contributed by atoms with E-state index in [1.54, 1.807) is 19.2 Å². The van der Waals surface area contributed by atoms with Crippen LogP contribution >= 0.6 is 0 Å². The van der Waals surface area contributed by atoms with Crippen LogP contribution in [-0.2, 0) is 4.74 Å². The average molecular weight is 275 g/mol. The number of nitrogens with zero attached hydrogens (tertiary/aromatic N) is 1. The molecule has 2 rings (SSSR count). The van der Waals surface area contributed by atoms with Gasteiger partial charge in [-0.2, -0.15) is 0 Å². The third-order valence-corrected chi connectivity index (χ3v) is 2.72. The Hall–Kier alpha value is -2.34. The summed E-state index contributed by atoms with van der Waals surface area (Å²) in [6.45, 7) is 2.28. The molecule has 6 heteroatoms. The van der Waals surface area contributed by atoms with Crippen molar-refractivity contribution < 1.29 is 13.9 Å². The number of aromatic nitrogens is 1. The Kier molecular flexibility index (Phi) is 4.37. The van der Waals surface area contributed by atoms with Crippen molar-refractivity contribution in [2.24, 2.45) is 0 Å². The van der Waals surface area contributed by atoms with Crippen molar-refractivity contribution in [1.29, 1.82) is 0 Å². The minimum Gasteiger partial charge on any atom is -0.444 e. The fourth-order valence-corrected chi connectivity index (χ4v) is 1.78. The van der Waals surface area contributed by atoms with Gasteiger partial charge in [0.1, 0.15) is 6.26 Å². The molecule has 0 fully saturated rings. The molecule has 2 aromatic rings. The number of nitrogens with one attached hydrogen (secondary N) is 1. The molecule has 1 aromatic carbocycles. The molecule has 1 unspecified atom stereocenters. The molecule has 1 atom stereocenters. The largest absolute Gasteiger partial charge is 0.444 e. The third-order valence-electron chi connectivity index (χ3n) is 2.72. The molecule has 106 valence electrons. The van der Waals surface area contributed by atoms with E-state index in [2.05, 4.69) is 10.3 Å². The van der Waals surface area contributed by atoms with E-state index in [1.165, 1.54) is 6.26 Å². The molecule has 0 aliphatic rings. The number of amides is 1. The second-order valence-electron chi connectivity index (χ2n) is 4.46. The molecular weight excluding hydrogens is 258 g/mol. The SMILES string of the molecule is COCC(C)NC(=O)c1coc(-c2ccccc2N)n1. The van der Waals surface area contributed by atoms with Crippen LogP contribution < -0.4 is 11.1 Å². The topological polar surface area (TPSA) is 90.4 Å². The van der Waals surface area contributed by atoms with Crippen molar-refractivity contribution >= 4 is 11.6 Å². The van der Waals surface area contributed by atoms with Gasteiger partial charge in [-0.15, -0.1) is 0 Å². The second kappa shape index (κ2) is 6.21. The van der Waals surface area contributed by atoms with Crippen molar-refractivity contribution in [2.45, 2.75) is 13.0 Å². The molecule has 0 radical (unpaired) electrons. The van der Waals surface area contributed by atoms with Gasteiger partial charge in [-0.25, -0.2) is 4.98 Å². The lowest BCUT2D eigenvalue weighted by atomic mass is 10.2. The summed E-state index contributed by atoms with van der Waals surface area (Å²) in [5.41, 5.74) is 7.27. The Morgan fingerprint density at radius 3 is 2.95 bits per heavy atom. The van der Waals surface area contributed by atoms with Crippen molar-refractivity contribution in [3.63, 3.8) is 0 Å². The van der Waals surface area contributed by atoms with Gasteiger partial charge < -0.3 is 20.2 Å². The Morgan fingerprint density at radius 2 is 2.25 bits per heavy atom. The Morgan fingerprint density at radius 1 is 1.50 bits per heavy atom. The molecule has 1 amide bonds. The van der Waals surface area contributed by atoms with E-state index >= 15 is 0 Å². The lowest BCUT2D eigenvalue weighted by molar-refractivity contribution is 0.0900. The van der Waals surface area contributed by atoms with Gasteiger partial charge in [-0.3, -0.25) is 4.79 Å². The highest BCUT2D eigenvalue weighted by atomic mass is 16.5. The van der Waals surface area contributed by atoms with Gasteiger partial charge in [0, 0.05) is 18.8 Å². The van der Waals surface area contributed by atoms with Crippen LogP contribution in [0, 0.1) is 0 Å². The van der Waals surface area contributed by atoms with Crippen LogP contribution in [0.2, 0.25) is 0 Å². The molecule has 6 nitrogen and oxygen atoms in total. The predicted molar refractivity (Wildman–Crippen MR) is 75.2 cm³/mol. The molecule has 3 N–H and O–H groups in total. The van der Waals surface area contributed by atoms with Crippen LogP contribution in [0.4, 0.5) is 5.69 Å².